The van der Waals surface area contributed by atoms with Gasteiger partial charge in [-0.2, -0.15) is 0 Å². The van der Waals surface area contributed by atoms with Crippen LogP contribution >= 0.6 is 0 Å². The standard InChI is InChI=1S/C13H17NO3.C11H10FN3O/c1-2-10(7-14-5-1)8-15-11-3-4-12-13(6-11)17-9-16-12;12-9-4-2-1-3-8(9)11(16)15-7-10-13-5-6-14-10/h3-4,6,10,14H,1-2,5,7-9H2;1-6H,7H2,(H,13,14)(H,15,16). The number of rotatable bonds is 6. The van der Waals surface area contributed by atoms with Gasteiger partial charge >= 0.3 is 0 Å². The largest absolute Gasteiger partial charge is 0.493 e. The predicted octanol–water partition coefficient (Wildman–Crippen LogP) is 3.27. The van der Waals surface area contributed by atoms with Gasteiger partial charge in [0, 0.05) is 30.9 Å². The minimum Gasteiger partial charge on any atom is -0.493 e. The third-order valence-corrected chi connectivity index (χ3v) is 5.32. The summed E-state index contributed by atoms with van der Waals surface area (Å²) in [4.78, 5) is 18.3. The van der Waals surface area contributed by atoms with Gasteiger partial charge in [-0.1, -0.05) is 12.1 Å². The molecular weight excluding hydrogens is 427 g/mol. The number of piperidine rings is 1. The maximum atomic E-state index is 13.2. The van der Waals surface area contributed by atoms with Gasteiger partial charge in [-0.05, 0) is 43.7 Å². The Labute approximate surface area is 191 Å². The van der Waals surface area contributed by atoms with Gasteiger partial charge in [0.2, 0.25) is 6.79 Å². The van der Waals surface area contributed by atoms with Crippen LogP contribution in [0.3, 0.4) is 0 Å². The Morgan fingerprint density at radius 2 is 2.09 bits per heavy atom. The van der Waals surface area contributed by atoms with Crippen LogP contribution in [0.25, 0.3) is 0 Å². The molecule has 0 radical (unpaired) electrons. The van der Waals surface area contributed by atoms with Gasteiger partial charge in [-0.25, -0.2) is 9.37 Å². The molecule has 1 unspecified atom stereocenters. The zero-order valence-corrected chi connectivity index (χ0v) is 18.2. The Bertz CT molecular complexity index is 1040. The van der Waals surface area contributed by atoms with Crippen LogP contribution in [0.15, 0.2) is 54.9 Å². The Kier molecular flexibility index (Phi) is 7.76. The molecule has 3 aromatic rings. The average molecular weight is 455 g/mol. The monoisotopic (exact) mass is 454 g/mol. The number of carbonyl (C=O) groups is 1. The molecule has 174 valence electrons. The molecule has 3 heterocycles. The van der Waals surface area contributed by atoms with Crippen LogP contribution in [-0.2, 0) is 6.54 Å². The van der Waals surface area contributed by atoms with Crippen molar-refractivity contribution in [2.45, 2.75) is 19.4 Å². The molecule has 0 saturated carbocycles. The molecule has 5 rings (SSSR count). The van der Waals surface area contributed by atoms with Crippen molar-refractivity contribution in [3.8, 4) is 17.2 Å². The first-order chi connectivity index (χ1) is 16.2. The fraction of sp³-hybridized carbons (Fsp3) is 0.333. The first-order valence-electron chi connectivity index (χ1n) is 10.9. The smallest absolute Gasteiger partial charge is 0.254 e. The minimum absolute atomic E-state index is 0.0362. The maximum absolute atomic E-state index is 13.2. The van der Waals surface area contributed by atoms with E-state index < -0.39 is 11.7 Å². The van der Waals surface area contributed by atoms with E-state index in [9.17, 15) is 9.18 Å². The number of nitrogens with zero attached hydrogens (tertiary/aromatic N) is 1. The molecule has 0 aliphatic carbocycles. The summed E-state index contributed by atoms with van der Waals surface area (Å²) >= 11 is 0. The Hall–Kier alpha value is -3.59. The van der Waals surface area contributed by atoms with Crippen molar-refractivity contribution in [2.75, 3.05) is 26.5 Å². The second-order valence-electron chi connectivity index (χ2n) is 7.74. The number of hydrogen-bond donors (Lipinski definition) is 3. The fourth-order valence-electron chi connectivity index (χ4n) is 3.55. The minimum atomic E-state index is -0.528. The first-order valence-corrected chi connectivity index (χ1v) is 10.9. The van der Waals surface area contributed by atoms with Crippen molar-refractivity contribution in [3.63, 3.8) is 0 Å². The molecule has 2 aliphatic rings. The second kappa shape index (κ2) is 11.3. The van der Waals surface area contributed by atoms with E-state index in [1.807, 2.05) is 18.2 Å². The molecule has 33 heavy (non-hydrogen) atoms. The first kappa shape index (κ1) is 22.6. The number of hydrogen-bond acceptors (Lipinski definition) is 6. The number of carbonyl (C=O) groups excluding carboxylic acids is 1. The van der Waals surface area contributed by atoms with E-state index in [0.717, 1.165) is 36.9 Å². The van der Waals surface area contributed by atoms with Gasteiger partial charge in [0.15, 0.2) is 11.5 Å². The van der Waals surface area contributed by atoms with Crippen molar-refractivity contribution in [2.24, 2.45) is 5.92 Å². The van der Waals surface area contributed by atoms with E-state index >= 15 is 0 Å². The van der Waals surface area contributed by atoms with Crippen molar-refractivity contribution < 1.29 is 23.4 Å². The van der Waals surface area contributed by atoms with Crippen LogP contribution in [0, 0.1) is 11.7 Å². The van der Waals surface area contributed by atoms with Crippen molar-refractivity contribution in [1.29, 1.82) is 0 Å². The van der Waals surface area contributed by atoms with E-state index in [1.54, 1.807) is 24.5 Å². The average Bonchev–Trinajstić information content (AvgIpc) is 3.54. The van der Waals surface area contributed by atoms with E-state index in [1.165, 1.54) is 25.0 Å². The van der Waals surface area contributed by atoms with Crippen LogP contribution in [-0.4, -0.2) is 42.4 Å². The molecule has 1 fully saturated rings. The molecule has 0 bridgehead atoms. The number of aromatic nitrogens is 2. The molecular formula is C24H27FN4O4. The molecule has 9 heteroatoms. The van der Waals surface area contributed by atoms with Gasteiger partial charge in [0.1, 0.15) is 17.4 Å². The summed E-state index contributed by atoms with van der Waals surface area (Å²) in [7, 11) is 0. The highest BCUT2D eigenvalue weighted by molar-refractivity contribution is 5.94. The van der Waals surface area contributed by atoms with Gasteiger partial charge in [-0.15, -0.1) is 0 Å². The summed E-state index contributed by atoms with van der Waals surface area (Å²) in [6.07, 6.45) is 5.74. The Morgan fingerprint density at radius 1 is 1.21 bits per heavy atom. The third kappa shape index (κ3) is 6.45. The number of H-pyrrole nitrogens is 1. The highest BCUT2D eigenvalue weighted by atomic mass is 19.1. The van der Waals surface area contributed by atoms with Crippen molar-refractivity contribution in [3.05, 3.63) is 72.1 Å². The molecule has 0 spiro atoms. The van der Waals surface area contributed by atoms with E-state index in [2.05, 4.69) is 20.6 Å². The lowest BCUT2D eigenvalue weighted by Gasteiger charge is -2.22. The van der Waals surface area contributed by atoms with Crippen LogP contribution < -0.4 is 24.8 Å². The van der Waals surface area contributed by atoms with Crippen LogP contribution in [0.2, 0.25) is 0 Å². The zero-order chi connectivity index (χ0) is 22.9. The van der Waals surface area contributed by atoms with Crippen molar-refractivity contribution >= 4 is 5.91 Å². The molecule has 3 N–H and O–H groups in total. The van der Waals surface area contributed by atoms with E-state index in [0.29, 0.717) is 18.5 Å². The SMILES string of the molecule is O=C(NCc1ncc[nH]1)c1ccccc1F.c1cc2c(cc1OCC1CCCNC1)OCO2. The molecule has 8 nitrogen and oxygen atoms in total. The second-order valence-corrected chi connectivity index (χ2v) is 7.74. The lowest BCUT2D eigenvalue weighted by atomic mass is 10.0. The number of fused-ring (bicyclic) bond motifs is 1. The van der Waals surface area contributed by atoms with E-state index in [4.69, 9.17) is 14.2 Å². The number of halogens is 1. The normalized spacial score (nSPS) is 16.5. The predicted molar refractivity (Wildman–Crippen MR) is 120 cm³/mol. The van der Waals surface area contributed by atoms with Gasteiger partial charge in [-0.3, -0.25) is 4.79 Å². The molecule has 2 aromatic carbocycles. The summed E-state index contributed by atoms with van der Waals surface area (Å²) in [6, 6.07) is 11.6. The molecule has 1 saturated heterocycles. The molecule has 2 aliphatic heterocycles. The highest BCUT2D eigenvalue weighted by Gasteiger charge is 2.16. The molecule has 1 atom stereocenters. The topological polar surface area (TPSA) is 97.5 Å². The van der Waals surface area contributed by atoms with Crippen LogP contribution in [0.5, 0.6) is 17.2 Å². The van der Waals surface area contributed by atoms with Crippen LogP contribution in [0.4, 0.5) is 4.39 Å². The number of ether oxygens (including phenoxy) is 3. The summed E-state index contributed by atoms with van der Waals surface area (Å²) in [5.41, 5.74) is 0.0362. The Morgan fingerprint density at radius 3 is 2.88 bits per heavy atom. The summed E-state index contributed by atoms with van der Waals surface area (Å²) < 4.78 is 29.6. The Balaban J connectivity index is 0.000000157. The quantitative estimate of drug-likeness (QED) is 0.529. The third-order valence-electron chi connectivity index (χ3n) is 5.32. The van der Waals surface area contributed by atoms with E-state index in [-0.39, 0.29) is 12.1 Å². The lowest BCUT2D eigenvalue weighted by Crippen LogP contribution is -2.33. The van der Waals surface area contributed by atoms with Gasteiger partial charge in [0.25, 0.3) is 5.91 Å². The maximum Gasteiger partial charge on any atom is 0.254 e. The molecule has 1 amide bonds. The number of amides is 1. The van der Waals surface area contributed by atoms with Gasteiger partial charge in [0.05, 0.1) is 18.7 Å². The number of aromatic amines is 1. The summed E-state index contributed by atoms with van der Waals surface area (Å²) in [6.45, 7) is 3.53. The fourth-order valence-corrected chi connectivity index (χ4v) is 3.55. The van der Waals surface area contributed by atoms with Gasteiger partial charge < -0.3 is 29.8 Å². The van der Waals surface area contributed by atoms with Crippen molar-refractivity contribution in [1.82, 2.24) is 20.6 Å². The highest BCUT2D eigenvalue weighted by Crippen LogP contribution is 2.35. The lowest BCUT2D eigenvalue weighted by molar-refractivity contribution is 0.0946. The number of imidazole rings is 1. The summed E-state index contributed by atoms with van der Waals surface area (Å²) in [5.74, 6) is 2.72. The number of benzene rings is 2. The zero-order valence-electron chi connectivity index (χ0n) is 18.2. The number of nitrogens with one attached hydrogen (secondary N) is 3. The summed E-state index contributed by atoms with van der Waals surface area (Å²) in [5, 5.41) is 5.96. The van der Waals surface area contributed by atoms with Crippen LogP contribution in [0.1, 0.15) is 29.0 Å². The molecule has 1 aromatic heterocycles.